The van der Waals surface area contributed by atoms with E-state index in [2.05, 4.69) is 10.5 Å². The molecule has 0 radical (unpaired) electrons. The van der Waals surface area contributed by atoms with Crippen molar-refractivity contribution in [3.05, 3.63) is 67.8 Å². The Morgan fingerprint density at radius 1 is 0.935 bits per heavy atom. The second kappa shape index (κ2) is 10.1. The molecule has 0 aliphatic carbocycles. The molecule has 0 heterocycles. The van der Waals surface area contributed by atoms with Gasteiger partial charge in [0.2, 0.25) is 0 Å². The number of ether oxygens (including phenoxy) is 2. The van der Waals surface area contributed by atoms with E-state index in [4.69, 9.17) is 9.47 Å². The largest absolute Gasteiger partial charge is 0.493 e. The fourth-order valence-corrected chi connectivity index (χ4v) is 2.25. The highest BCUT2D eigenvalue weighted by Gasteiger charge is 2.20. The minimum absolute atomic E-state index is 0.393. The lowest BCUT2D eigenvalue weighted by Gasteiger charge is -2.08. The van der Waals surface area contributed by atoms with Crippen molar-refractivity contribution in [1.29, 1.82) is 0 Å². The van der Waals surface area contributed by atoms with Crippen molar-refractivity contribution >= 4 is 29.5 Å². The summed E-state index contributed by atoms with van der Waals surface area (Å²) in [6.45, 7) is 0. The molecule has 0 saturated carbocycles. The van der Waals surface area contributed by atoms with Crippen LogP contribution < -0.4 is 25.8 Å². The highest BCUT2D eigenvalue weighted by atomic mass is 16.6. The Morgan fingerprint density at radius 2 is 1.55 bits per heavy atom. The average Bonchev–Trinajstić information content (AvgIpc) is 2.76. The Morgan fingerprint density at radius 3 is 2.10 bits per heavy atom. The van der Waals surface area contributed by atoms with Crippen molar-refractivity contribution in [3.8, 4) is 11.5 Å². The lowest BCUT2D eigenvalue weighted by molar-refractivity contribution is -0.394. The minimum atomic E-state index is -1.01. The topological polar surface area (TPSA) is 187 Å². The van der Waals surface area contributed by atoms with Gasteiger partial charge in [0.15, 0.2) is 11.5 Å². The predicted octanol–water partition coefficient (Wildman–Crippen LogP) is 1.50. The first-order chi connectivity index (χ1) is 14.7. The van der Waals surface area contributed by atoms with Gasteiger partial charge in [-0.1, -0.05) is 0 Å². The SMILES string of the molecule is COc1ccc(C=NNC(=O)NNC(=O)c2cc([N+](=O)[O-])cc([N+](=O)[O-])c2)cc1OC. The third kappa shape index (κ3) is 6.11. The van der Waals surface area contributed by atoms with Crippen LogP contribution in [0.3, 0.4) is 0 Å². The van der Waals surface area contributed by atoms with E-state index in [0.29, 0.717) is 23.1 Å². The zero-order chi connectivity index (χ0) is 23.0. The molecule has 14 nitrogen and oxygen atoms in total. The van der Waals surface area contributed by atoms with E-state index >= 15 is 0 Å². The Bertz CT molecular complexity index is 1020. The number of nitrogens with one attached hydrogen (secondary N) is 3. The molecule has 2 aromatic carbocycles. The van der Waals surface area contributed by atoms with Crippen molar-refractivity contribution in [2.75, 3.05) is 14.2 Å². The maximum absolute atomic E-state index is 12.1. The summed E-state index contributed by atoms with van der Waals surface area (Å²) in [7, 11) is 2.95. The summed E-state index contributed by atoms with van der Waals surface area (Å²) in [6, 6.07) is 6.33. The van der Waals surface area contributed by atoms with Gasteiger partial charge in [-0.3, -0.25) is 30.4 Å². The third-order valence-electron chi connectivity index (χ3n) is 3.66. The van der Waals surface area contributed by atoms with Crippen LogP contribution in [0.25, 0.3) is 0 Å². The maximum atomic E-state index is 12.1. The van der Waals surface area contributed by atoms with Gasteiger partial charge in [0.25, 0.3) is 17.3 Å². The van der Waals surface area contributed by atoms with E-state index in [9.17, 15) is 29.8 Å². The van der Waals surface area contributed by atoms with Gasteiger partial charge in [-0.05, 0) is 23.8 Å². The van der Waals surface area contributed by atoms with Crippen LogP contribution in [0, 0.1) is 20.2 Å². The number of hydrazone groups is 1. The molecule has 0 aromatic heterocycles. The number of nitrogens with zero attached hydrogens (tertiary/aromatic N) is 3. The molecule has 2 aromatic rings. The van der Waals surface area contributed by atoms with Crippen molar-refractivity contribution in [2.24, 2.45) is 5.10 Å². The molecule has 162 valence electrons. The second-order valence-electron chi connectivity index (χ2n) is 5.64. The number of carbonyl (C=O) groups is 2. The van der Waals surface area contributed by atoms with Gasteiger partial charge < -0.3 is 9.47 Å². The fraction of sp³-hybridized carbons (Fsp3) is 0.118. The lowest BCUT2D eigenvalue weighted by Crippen LogP contribution is -2.45. The van der Waals surface area contributed by atoms with Crippen LogP contribution >= 0.6 is 0 Å². The summed E-state index contributed by atoms with van der Waals surface area (Å²) in [5.41, 5.74) is 4.88. The van der Waals surface area contributed by atoms with Crippen LogP contribution in [0.5, 0.6) is 11.5 Å². The number of benzene rings is 2. The van der Waals surface area contributed by atoms with E-state index in [1.165, 1.54) is 20.4 Å². The van der Waals surface area contributed by atoms with Crippen LogP contribution in [-0.4, -0.2) is 42.2 Å². The first-order valence-electron chi connectivity index (χ1n) is 8.30. The number of hydrogen-bond donors (Lipinski definition) is 3. The molecule has 0 spiro atoms. The number of rotatable bonds is 7. The average molecular weight is 432 g/mol. The molecule has 14 heteroatoms. The molecule has 0 bridgehead atoms. The Hall–Kier alpha value is -4.75. The Balaban J connectivity index is 1.97. The normalized spacial score (nSPS) is 10.3. The number of nitro benzene ring substituents is 2. The molecule has 0 fully saturated rings. The van der Waals surface area contributed by atoms with Crippen LogP contribution in [0.4, 0.5) is 16.2 Å². The van der Waals surface area contributed by atoms with Gasteiger partial charge in [0.1, 0.15) is 0 Å². The summed E-state index contributed by atoms with van der Waals surface area (Å²) < 4.78 is 10.2. The first-order valence-corrected chi connectivity index (χ1v) is 8.30. The van der Waals surface area contributed by atoms with E-state index in [-0.39, 0.29) is 0 Å². The summed E-state index contributed by atoms with van der Waals surface area (Å²) in [5.74, 6) is -0.0468. The van der Waals surface area contributed by atoms with Crippen molar-refractivity contribution in [2.45, 2.75) is 0 Å². The van der Waals surface area contributed by atoms with Gasteiger partial charge >= 0.3 is 6.03 Å². The number of methoxy groups -OCH3 is 2. The molecule has 0 aliphatic rings. The second-order valence-corrected chi connectivity index (χ2v) is 5.64. The smallest absolute Gasteiger partial charge is 0.353 e. The van der Waals surface area contributed by atoms with Crippen LogP contribution in [-0.2, 0) is 0 Å². The molecule has 31 heavy (non-hydrogen) atoms. The van der Waals surface area contributed by atoms with Gasteiger partial charge in [-0.25, -0.2) is 15.6 Å². The number of amides is 3. The van der Waals surface area contributed by atoms with Gasteiger partial charge in [0, 0.05) is 12.1 Å². The molecule has 0 atom stereocenters. The molecular formula is C17H16N6O8. The van der Waals surface area contributed by atoms with Crippen LogP contribution in [0.15, 0.2) is 41.5 Å². The molecule has 0 aliphatic heterocycles. The van der Waals surface area contributed by atoms with Crippen LogP contribution in [0.1, 0.15) is 15.9 Å². The number of hydrazine groups is 1. The highest BCUT2D eigenvalue weighted by molar-refractivity contribution is 5.96. The fourth-order valence-electron chi connectivity index (χ4n) is 2.25. The number of nitro groups is 2. The number of hydrogen-bond acceptors (Lipinski definition) is 9. The van der Waals surface area contributed by atoms with E-state index < -0.39 is 38.7 Å². The van der Waals surface area contributed by atoms with Gasteiger partial charge in [-0.2, -0.15) is 5.10 Å². The number of carbonyl (C=O) groups excluding carboxylic acids is 2. The Kier molecular flexibility index (Phi) is 7.38. The molecule has 0 unspecified atom stereocenters. The molecule has 3 amide bonds. The molecule has 3 N–H and O–H groups in total. The number of non-ortho nitro benzene ring substituents is 2. The van der Waals surface area contributed by atoms with E-state index in [0.717, 1.165) is 12.1 Å². The molecule has 2 rings (SSSR count). The quantitative estimate of drug-likeness (QED) is 0.333. The van der Waals surface area contributed by atoms with Gasteiger partial charge in [0.05, 0.1) is 41.9 Å². The van der Waals surface area contributed by atoms with E-state index in [1.807, 2.05) is 10.9 Å². The zero-order valence-electron chi connectivity index (χ0n) is 16.1. The third-order valence-corrected chi connectivity index (χ3v) is 3.66. The summed E-state index contributed by atoms with van der Waals surface area (Å²) in [5, 5.41) is 25.4. The monoisotopic (exact) mass is 432 g/mol. The van der Waals surface area contributed by atoms with Gasteiger partial charge in [-0.15, -0.1) is 0 Å². The van der Waals surface area contributed by atoms with E-state index in [1.54, 1.807) is 18.2 Å². The standard InChI is InChI=1S/C17H16N6O8/c1-30-14-4-3-10(5-15(14)31-2)9-18-20-17(25)21-19-16(24)11-6-12(22(26)27)8-13(7-11)23(28)29/h3-9H,1-2H3,(H,19,24)(H2,20,21,25). The van der Waals surface area contributed by atoms with Crippen molar-refractivity contribution < 1.29 is 28.9 Å². The summed E-state index contributed by atoms with van der Waals surface area (Å²) in [4.78, 5) is 43.8. The first kappa shape index (κ1) is 22.5. The van der Waals surface area contributed by atoms with Crippen molar-refractivity contribution in [3.63, 3.8) is 0 Å². The maximum Gasteiger partial charge on any atom is 0.353 e. The Labute approximate surface area is 174 Å². The van der Waals surface area contributed by atoms with Crippen molar-refractivity contribution in [1.82, 2.24) is 16.3 Å². The number of urea groups is 1. The predicted molar refractivity (Wildman–Crippen MR) is 106 cm³/mol. The summed E-state index contributed by atoms with van der Waals surface area (Å²) >= 11 is 0. The minimum Gasteiger partial charge on any atom is -0.493 e. The summed E-state index contributed by atoms with van der Waals surface area (Å²) in [6.07, 6.45) is 1.30. The van der Waals surface area contributed by atoms with Crippen LogP contribution in [0.2, 0.25) is 0 Å². The molecular weight excluding hydrogens is 416 g/mol. The molecule has 0 saturated heterocycles. The lowest BCUT2D eigenvalue weighted by atomic mass is 10.1. The zero-order valence-corrected chi connectivity index (χ0v) is 16.1. The highest BCUT2D eigenvalue weighted by Crippen LogP contribution is 2.26.